The van der Waals surface area contributed by atoms with Crippen LogP contribution in [0.3, 0.4) is 0 Å². The van der Waals surface area contributed by atoms with Crippen LogP contribution in [0.1, 0.15) is 46.4 Å². The van der Waals surface area contributed by atoms with Gasteiger partial charge in [0.15, 0.2) is 0 Å². The highest BCUT2D eigenvalue weighted by atomic mass is 16.5. The maximum atomic E-state index is 12.8. The van der Waals surface area contributed by atoms with E-state index in [-0.39, 0.29) is 5.91 Å². The van der Waals surface area contributed by atoms with Gasteiger partial charge in [-0.1, -0.05) is 11.6 Å². The van der Waals surface area contributed by atoms with Crippen molar-refractivity contribution in [2.75, 3.05) is 20.3 Å². The van der Waals surface area contributed by atoms with Crippen molar-refractivity contribution in [2.24, 2.45) is 0 Å². The highest BCUT2D eigenvalue weighted by molar-refractivity contribution is 6.07. The van der Waals surface area contributed by atoms with Crippen LogP contribution in [0.4, 0.5) is 0 Å². The summed E-state index contributed by atoms with van der Waals surface area (Å²) >= 11 is 0. The van der Waals surface area contributed by atoms with Crippen molar-refractivity contribution in [3.8, 4) is 0 Å². The first-order valence-electron chi connectivity index (χ1n) is 8.40. The molecule has 0 saturated carbocycles. The maximum Gasteiger partial charge on any atom is 0.252 e. The standard InChI is InChI=1S/C19H24N2O2/c1-13-8-9-17-15(12-13)18(19(22)20-10-5-11-23-2)14-6-3-4-7-16(14)21-17/h8-9,12H,3-7,10-11H2,1-2H3,(H,20,22). The molecule has 0 unspecified atom stereocenters. The third-order valence-corrected chi connectivity index (χ3v) is 4.46. The minimum absolute atomic E-state index is 0.0252. The number of aryl methyl sites for hydroxylation is 2. The molecule has 4 nitrogen and oxygen atoms in total. The number of fused-ring (bicyclic) bond motifs is 2. The second-order valence-corrected chi connectivity index (χ2v) is 6.24. The SMILES string of the molecule is COCCCNC(=O)c1c2c(nc3ccc(C)cc13)CCCC2. The van der Waals surface area contributed by atoms with Gasteiger partial charge in [0.1, 0.15) is 0 Å². The molecular weight excluding hydrogens is 288 g/mol. The fourth-order valence-corrected chi connectivity index (χ4v) is 3.30. The lowest BCUT2D eigenvalue weighted by Gasteiger charge is -2.20. The number of pyridine rings is 1. The lowest BCUT2D eigenvalue weighted by atomic mass is 9.89. The molecule has 2 aromatic rings. The van der Waals surface area contributed by atoms with Crippen LogP contribution in [0.5, 0.6) is 0 Å². The van der Waals surface area contributed by atoms with Gasteiger partial charge in [0.2, 0.25) is 0 Å². The van der Waals surface area contributed by atoms with Gasteiger partial charge in [0.05, 0.1) is 11.1 Å². The van der Waals surface area contributed by atoms with Gasteiger partial charge in [-0.25, -0.2) is 0 Å². The zero-order valence-corrected chi connectivity index (χ0v) is 13.9. The minimum atomic E-state index is 0.0252. The summed E-state index contributed by atoms with van der Waals surface area (Å²) in [6, 6.07) is 6.17. The van der Waals surface area contributed by atoms with Crippen molar-refractivity contribution in [1.82, 2.24) is 10.3 Å². The minimum Gasteiger partial charge on any atom is -0.385 e. The second-order valence-electron chi connectivity index (χ2n) is 6.24. The molecule has 0 atom stereocenters. The first-order chi connectivity index (χ1) is 11.2. The number of carbonyl (C=O) groups excluding carboxylic acids is 1. The van der Waals surface area contributed by atoms with Crippen LogP contribution in [0.15, 0.2) is 18.2 Å². The van der Waals surface area contributed by atoms with Gasteiger partial charge in [-0.05, 0) is 56.7 Å². The number of hydrogen-bond donors (Lipinski definition) is 1. The van der Waals surface area contributed by atoms with Crippen molar-refractivity contribution in [3.63, 3.8) is 0 Å². The van der Waals surface area contributed by atoms with Gasteiger partial charge < -0.3 is 10.1 Å². The third kappa shape index (κ3) is 3.37. The van der Waals surface area contributed by atoms with Gasteiger partial charge in [-0.3, -0.25) is 9.78 Å². The molecule has 0 fully saturated rings. The monoisotopic (exact) mass is 312 g/mol. The lowest BCUT2D eigenvalue weighted by molar-refractivity contribution is 0.0949. The molecule has 0 aliphatic heterocycles. The molecule has 0 bridgehead atoms. The Balaban J connectivity index is 2.01. The number of carbonyl (C=O) groups is 1. The first kappa shape index (κ1) is 15.9. The summed E-state index contributed by atoms with van der Waals surface area (Å²) in [5, 5.41) is 4.03. The number of methoxy groups -OCH3 is 1. The third-order valence-electron chi connectivity index (χ3n) is 4.46. The van der Waals surface area contributed by atoms with E-state index in [1.807, 2.05) is 6.07 Å². The normalized spacial score (nSPS) is 13.8. The number of benzene rings is 1. The molecule has 1 N–H and O–H groups in total. The Hall–Kier alpha value is -1.94. The van der Waals surface area contributed by atoms with Gasteiger partial charge in [0, 0.05) is 31.3 Å². The van der Waals surface area contributed by atoms with E-state index in [2.05, 4.69) is 24.4 Å². The van der Waals surface area contributed by atoms with Gasteiger partial charge >= 0.3 is 0 Å². The van der Waals surface area contributed by atoms with Crippen LogP contribution in [0.2, 0.25) is 0 Å². The number of nitrogens with one attached hydrogen (secondary N) is 1. The molecule has 0 radical (unpaired) electrons. The predicted octanol–water partition coefficient (Wildman–Crippen LogP) is 3.19. The number of nitrogens with zero attached hydrogens (tertiary/aromatic N) is 1. The van der Waals surface area contributed by atoms with Crippen molar-refractivity contribution in [3.05, 3.63) is 40.6 Å². The number of amides is 1. The van der Waals surface area contributed by atoms with Crippen molar-refractivity contribution >= 4 is 16.8 Å². The second kappa shape index (κ2) is 7.09. The first-order valence-corrected chi connectivity index (χ1v) is 8.40. The molecule has 1 aromatic carbocycles. The molecule has 122 valence electrons. The molecule has 1 heterocycles. The Morgan fingerprint density at radius 1 is 1.30 bits per heavy atom. The summed E-state index contributed by atoms with van der Waals surface area (Å²) in [5.41, 5.74) is 5.18. The summed E-state index contributed by atoms with van der Waals surface area (Å²) in [6.07, 6.45) is 5.05. The zero-order chi connectivity index (χ0) is 16.2. The fourth-order valence-electron chi connectivity index (χ4n) is 3.30. The van der Waals surface area contributed by atoms with Crippen molar-refractivity contribution in [2.45, 2.75) is 39.0 Å². The van der Waals surface area contributed by atoms with E-state index < -0.39 is 0 Å². The van der Waals surface area contributed by atoms with Crippen LogP contribution in [0.25, 0.3) is 10.9 Å². The fraction of sp³-hybridized carbons (Fsp3) is 0.474. The quantitative estimate of drug-likeness (QED) is 0.863. The highest BCUT2D eigenvalue weighted by Crippen LogP contribution is 2.29. The smallest absolute Gasteiger partial charge is 0.252 e. The largest absolute Gasteiger partial charge is 0.385 e. The molecule has 1 aromatic heterocycles. The molecule has 0 spiro atoms. The van der Waals surface area contributed by atoms with Crippen LogP contribution in [-0.2, 0) is 17.6 Å². The van der Waals surface area contributed by atoms with E-state index in [1.54, 1.807) is 7.11 Å². The molecule has 1 amide bonds. The Bertz CT molecular complexity index is 725. The molecule has 1 aliphatic carbocycles. The van der Waals surface area contributed by atoms with Crippen LogP contribution < -0.4 is 5.32 Å². The summed E-state index contributed by atoms with van der Waals surface area (Å²) in [4.78, 5) is 17.6. The van der Waals surface area contributed by atoms with Crippen molar-refractivity contribution < 1.29 is 9.53 Å². The Labute approximate surface area is 137 Å². The van der Waals surface area contributed by atoms with Crippen LogP contribution in [-0.4, -0.2) is 31.2 Å². The van der Waals surface area contributed by atoms with Gasteiger partial charge in [-0.2, -0.15) is 0 Å². The van der Waals surface area contributed by atoms with E-state index in [0.29, 0.717) is 13.2 Å². The van der Waals surface area contributed by atoms with Crippen LogP contribution >= 0.6 is 0 Å². The highest BCUT2D eigenvalue weighted by Gasteiger charge is 2.22. The molecule has 1 aliphatic rings. The van der Waals surface area contributed by atoms with E-state index in [0.717, 1.165) is 65.4 Å². The zero-order valence-electron chi connectivity index (χ0n) is 13.9. The summed E-state index contributed by atoms with van der Waals surface area (Å²) in [7, 11) is 1.68. The van der Waals surface area contributed by atoms with E-state index in [9.17, 15) is 4.79 Å². The predicted molar refractivity (Wildman–Crippen MR) is 91.9 cm³/mol. The summed E-state index contributed by atoms with van der Waals surface area (Å²) < 4.78 is 5.04. The Kier molecular flexibility index (Phi) is 4.91. The van der Waals surface area contributed by atoms with Crippen molar-refractivity contribution in [1.29, 1.82) is 0 Å². The molecular formula is C19H24N2O2. The number of ether oxygens (including phenoxy) is 1. The lowest BCUT2D eigenvalue weighted by Crippen LogP contribution is -2.28. The van der Waals surface area contributed by atoms with E-state index in [4.69, 9.17) is 9.72 Å². The average Bonchev–Trinajstić information content (AvgIpc) is 2.56. The topological polar surface area (TPSA) is 51.2 Å². The number of rotatable bonds is 5. The number of hydrogen-bond acceptors (Lipinski definition) is 3. The Morgan fingerprint density at radius 2 is 2.13 bits per heavy atom. The molecule has 4 heteroatoms. The summed E-state index contributed by atoms with van der Waals surface area (Å²) in [6.45, 7) is 3.35. The maximum absolute atomic E-state index is 12.8. The molecule has 23 heavy (non-hydrogen) atoms. The van der Waals surface area contributed by atoms with Gasteiger partial charge in [-0.15, -0.1) is 0 Å². The molecule has 3 rings (SSSR count). The van der Waals surface area contributed by atoms with E-state index >= 15 is 0 Å². The summed E-state index contributed by atoms with van der Waals surface area (Å²) in [5.74, 6) is 0.0252. The number of aromatic nitrogens is 1. The van der Waals surface area contributed by atoms with Gasteiger partial charge in [0.25, 0.3) is 5.91 Å². The van der Waals surface area contributed by atoms with E-state index in [1.165, 1.54) is 0 Å². The Morgan fingerprint density at radius 3 is 2.96 bits per heavy atom. The average molecular weight is 312 g/mol. The molecule has 0 saturated heterocycles. The van der Waals surface area contributed by atoms with Crippen LogP contribution in [0, 0.1) is 6.92 Å².